The third-order valence-electron chi connectivity index (χ3n) is 4.06. The maximum Gasteiger partial charge on any atom is 0.239 e. The largest absolute Gasteiger partial charge is 0.385 e. The smallest absolute Gasteiger partial charge is 0.239 e. The minimum Gasteiger partial charge on any atom is -0.385 e. The van der Waals surface area contributed by atoms with Crippen molar-refractivity contribution < 1.29 is 9.53 Å². The van der Waals surface area contributed by atoms with E-state index in [9.17, 15) is 4.79 Å². The van der Waals surface area contributed by atoms with Gasteiger partial charge in [0.25, 0.3) is 0 Å². The molecule has 1 saturated carbocycles. The summed E-state index contributed by atoms with van der Waals surface area (Å²) in [6, 6.07) is 0.0201. The number of methoxy groups -OCH3 is 1. The standard InChI is InChI=1S/C14H28N2O2/c1-11-6-8-12(9-7-11)16(2)14(17)13(15)5-4-10-18-3/h11-13H,4-10,15H2,1-3H3. The van der Waals surface area contributed by atoms with Crippen molar-refractivity contribution in [2.45, 2.75) is 57.5 Å². The average Bonchev–Trinajstić information content (AvgIpc) is 2.38. The Morgan fingerprint density at radius 1 is 1.39 bits per heavy atom. The number of ether oxygens (including phenoxy) is 1. The minimum atomic E-state index is -0.371. The van der Waals surface area contributed by atoms with Crippen molar-refractivity contribution >= 4 is 5.91 Å². The Hall–Kier alpha value is -0.610. The van der Waals surface area contributed by atoms with E-state index in [1.54, 1.807) is 7.11 Å². The van der Waals surface area contributed by atoms with Crippen LogP contribution in [0, 0.1) is 5.92 Å². The van der Waals surface area contributed by atoms with Crippen molar-refractivity contribution in [2.75, 3.05) is 20.8 Å². The van der Waals surface area contributed by atoms with Crippen LogP contribution in [-0.2, 0) is 9.53 Å². The fraction of sp³-hybridized carbons (Fsp3) is 0.929. The first-order valence-electron chi connectivity index (χ1n) is 7.07. The van der Waals surface area contributed by atoms with Crippen molar-refractivity contribution in [1.82, 2.24) is 4.90 Å². The Morgan fingerprint density at radius 3 is 2.56 bits per heavy atom. The van der Waals surface area contributed by atoms with Gasteiger partial charge in [0, 0.05) is 26.8 Å². The predicted molar refractivity (Wildman–Crippen MR) is 73.3 cm³/mol. The number of hydrogen-bond acceptors (Lipinski definition) is 3. The SMILES string of the molecule is COCCCC(N)C(=O)N(C)C1CCC(C)CC1. The van der Waals surface area contributed by atoms with E-state index >= 15 is 0 Å². The van der Waals surface area contributed by atoms with Gasteiger partial charge in [0.05, 0.1) is 6.04 Å². The fourth-order valence-corrected chi connectivity index (χ4v) is 2.64. The first-order valence-corrected chi connectivity index (χ1v) is 7.07. The number of hydrogen-bond donors (Lipinski definition) is 1. The number of carbonyl (C=O) groups is 1. The molecule has 0 aliphatic heterocycles. The van der Waals surface area contributed by atoms with Crippen molar-refractivity contribution in [1.29, 1.82) is 0 Å². The van der Waals surface area contributed by atoms with Crippen LogP contribution in [0.2, 0.25) is 0 Å². The number of rotatable bonds is 6. The second kappa shape index (κ2) is 7.74. The number of nitrogens with zero attached hydrogens (tertiary/aromatic N) is 1. The zero-order chi connectivity index (χ0) is 13.5. The molecular weight excluding hydrogens is 228 g/mol. The van der Waals surface area contributed by atoms with Crippen LogP contribution in [0.5, 0.6) is 0 Å². The zero-order valence-corrected chi connectivity index (χ0v) is 12.0. The molecule has 18 heavy (non-hydrogen) atoms. The third kappa shape index (κ3) is 4.58. The van der Waals surface area contributed by atoms with E-state index in [0.717, 1.165) is 25.2 Å². The first kappa shape index (κ1) is 15.4. The molecule has 1 atom stereocenters. The highest BCUT2D eigenvalue weighted by atomic mass is 16.5. The number of carbonyl (C=O) groups excluding carboxylic acids is 1. The monoisotopic (exact) mass is 256 g/mol. The molecule has 1 unspecified atom stereocenters. The highest BCUT2D eigenvalue weighted by molar-refractivity contribution is 5.81. The summed E-state index contributed by atoms with van der Waals surface area (Å²) in [5, 5.41) is 0. The van der Waals surface area contributed by atoms with Crippen LogP contribution in [0.25, 0.3) is 0 Å². The van der Waals surface area contributed by atoms with Crippen LogP contribution < -0.4 is 5.73 Å². The lowest BCUT2D eigenvalue weighted by Gasteiger charge is -2.34. The van der Waals surface area contributed by atoms with Gasteiger partial charge in [-0.1, -0.05) is 6.92 Å². The normalized spacial score (nSPS) is 25.8. The van der Waals surface area contributed by atoms with Crippen LogP contribution in [0.15, 0.2) is 0 Å². The van der Waals surface area contributed by atoms with E-state index < -0.39 is 0 Å². The molecule has 0 spiro atoms. The summed E-state index contributed by atoms with van der Waals surface area (Å²) >= 11 is 0. The highest BCUT2D eigenvalue weighted by Crippen LogP contribution is 2.26. The van der Waals surface area contributed by atoms with E-state index in [2.05, 4.69) is 6.92 Å². The second-order valence-electron chi connectivity index (χ2n) is 5.60. The van der Waals surface area contributed by atoms with Crippen LogP contribution in [0.4, 0.5) is 0 Å². The number of nitrogens with two attached hydrogens (primary N) is 1. The van der Waals surface area contributed by atoms with Gasteiger partial charge in [-0.3, -0.25) is 4.79 Å². The van der Waals surface area contributed by atoms with Gasteiger partial charge < -0.3 is 15.4 Å². The Kier molecular flexibility index (Phi) is 6.65. The van der Waals surface area contributed by atoms with E-state index in [1.807, 2.05) is 11.9 Å². The molecule has 106 valence electrons. The third-order valence-corrected chi connectivity index (χ3v) is 4.06. The lowest BCUT2D eigenvalue weighted by molar-refractivity contribution is -0.134. The van der Waals surface area contributed by atoms with E-state index in [-0.39, 0.29) is 11.9 Å². The molecule has 2 N–H and O–H groups in total. The number of amides is 1. The second-order valence-corrected chi connectivity index (χ2v) is 5.60. The van der Waals surface area contributed by atoms with Crippen LogP contribution in [0.3, 0.4) is 0 Å². The molecule has 0 heterocycles. The molecule has 1 aliphatic carbocycles. The molecule has 0 aromatic heterocycles. The summed E-state index contributed by atoms with van der Waals surface area (Å²) in [5.74, 6) is 0.894. The summed E-state index contributed by atoms with van der Waals surface area (Å²) in [7, 11) is 3.57. The molecule has 4 nitrogen and oxygen atoms in total. The molecule has 1 aliphatic rings. The number of likely N-dealkylation sites (N-methyl/N-ethyl adjacent to an activating group) is 1. The van der Waals surface area contributed by atoms with Crippen molar-refractivity contribution in [2.24, 2.45) is 11.7 Å². The summed E-state index contributed by atoms with van der Waals surface area (Å²) in [6.07, 6.45) is 6.24. The minimum absolute atomic E-state index is 0.0886. The Morgan fingerprint density at radius 2 is 2.00 bits per heavy atom. The van der Waals surface area contributed by atoms with Gasteiger partial charge in [-0.15, -0.1) is 0 Å². The van der Waals surface area contributed by atoms with Gasteiger partial charge in [-0.2, -0.15) is 0 Å². The first-order chi connectivity index (χ1) is 8.56. The average molecular weight is 256 g/mol. The lowest BCUT2D eigenvalue weighted by Crippen LogP contribution is -2.47. The molecule has 0 aromatic carbocycles. The Bertz CT molecular complexity index is 250. The quantitative estimate of drug-likeness (QED) is 0.737. The van der Waals surface area contributed by atoms with E-state index in [0.29, 0.717) is 19.1 Å². The van der Waals surface area contributed by atoms with Gasteiger partial charge in [-0.25, -0.2) is 0 Å². The van der Waals surface area contributed by atoms with Crippen LogP contribution in [0.1, 0.15) is 45.4 Å². The Labute approximate surface area is 111 Å². The summed E-state index contributed by atoms with van der Waals surface area (Å²) in [6.45, 7) is 2.96. The molecule has 1 amide bonds. The van der Waals surface area contributed by atoms with Gasteiger partial charge >= 0.3 is 0 Å². The molecular formula is C14H28N2O2. The lowest BCUT2D eigenvalue weighted by atomic mass is 9.86. The van der Waals surface area contributed by atoms with Gasteiger partial charge in [0.15, 0.2) is 0 Å². The van der Waals surface area contributed by atoms with Crippen molar-refractivity contribution in [3.8, 4) is 0 Å². The van der Waals surface area contributed by atoms with Crippen LogP contribution in [-0.4, -0.2) is 43.7 Å². The highest BCUT2D eigenvalue weighted by Gasteiger charge is 2.27. The topological polar surface area (TPSA) is 55.6 Å². The molecule has 0 saturated heterocycles. The van der Waals surface area contributed by atoms with Crippen molar-refractivity contribution in [3.63, 3.8) is 0 Å². The maximum atomic E-state index is 12.2. The molecule has 1 rings (SSSR count). The zero-order valence-electron chi connectivity index (χ0n) is 12.0. The van der Waals surface area contributed by atoms with Gasteiger partial charge in [0.1, 0.15) is 0 Å². The fourth-order valence-electron chi connectivity index (χ4n) is 2.64. The molecule has 1 fully saturated rings. The van der Waals surface area contributed by atoms with E-state index in [1.165, 1.54) is 12.8 Å². The predicted octanol–water partition coefficient (Wildman–Crippen LogP) is 1.78. The Balaban J connectivity index is 2.35. The summed E-state index contributed by atoms with van der Waals surface area (Å²) < 4.78 is 4.98. The van der Waals surface area contributed by atoms with Crippen molar-refractivity contribution in [3.05, 3.63) is 0 Å². The maximum absolute atomic E-state index is 12.2. The van der Waals surface area contributed by atoms with E-state index in [4.69, 9.17) is 10.5 Å². The molecule has 0 bridgehead atoms. The molecule has 4 heteroatoms. The molecule has 0 aromatic rings. The van der Waals surface area contributed by atoms with Gasteiger partial charge in [-0.05, 0) is 44.4 Å². The summed E-state index contributed by atoms with van der Waals surface area (Å²) in [4.78, 5) is 14.1. The van der Waals surface area contributed by atoms with Crippen LogP contribution >= 0.6 is 0 Å². The van der Waals surface area contributed by atoms with Gasteiger partial charge in [0.2, 0.25) is 5.91 Å². The molecule has 0 radical (unpaired) electrons. The summed E-state index contributed by atoms with van der Waals surface area (Å²) in [5.41, 5.74) is 5.95.